The molecule has 0 spiro atoms. The van der Waals surface area contributed by atoms with Gasteiger partial charge in [0, 0.05) is 6.26 Å². The van der Waals surface area contributed by atoms with Crippen molar-refractivity contribution >= 4 is 19.7 Å². The first-order valence-corrected chi connectivity index (χ1v) is 11.2. The van der Waals surface area contributed by atoms with Crippen molar-refractivity contribution in [2.45, 2.75) is 74.0 Å². The molecule has 6 heteroatoms. The average Bonchev–Trinajstić information content (AvgIpc) is 2.38. The summed E-state index contributed by atoms with van der Waals surface area (Å²) in [7, 11) is -6.09. The van der Waals surface area contributed by atoms with Gasteiger partial charge in [0.1, 0.15) is 9.84 Å². The summed E-state index contributed by atoms with van der Waals surface area (Å²) in [6, 6.07) is 0. The molecule has 0 saturated heterocycles. The van der Waals surface area contributed by atoms with Crippen LogP contribution < -0.4 is 0 Å². The largest absolute Gasteiger partial charge is 0.229 e. The molecular weight excluding hydrogens is 296 g/mol. The lowest BCUT2D eigenvalue weighted by Crippen LogP contribution is -2.39. The minimum atomic E-state index is -3.07. The van der Waals surface area contributed by atoms with Gasteiger partial charge in [-0.05, 0) is 57.3 Å². The molecule has 0 bridgehead atoms. The van der Waals surface area contributed by atoms with E-state index in [9.17, 15) is 16.8 Å². The van der Waals surface area contributed by atoms with Crippen LogP contribution in [0.25, 0.3) is 0 Å². The summed E-state index contributed by atoms with van der Waals surface area (Å²) in [6.45, 7) is 2.18. The molecule has 2 rings (SSSR count). The molecule has 20 heavy (non-hydrogen) atoms. The highest BCUT2D eigenvalue weighted by Crippen LogP contribution is 2.35. The molecule has 0 aromatic carbocycles. The van der Waals surface area contributed by atoms with E-state index in [0.717, 1.165) is 25.7 Å². The first kappa shape index (κ1) is 16.3. The van der Waals surface area contributed by atoms with Crippen LogP contribution in [-0.4, -0.2) is 38.8 Å². The highest BCUT2D eigenvalue weighted by Gasteiger charge is 2.39. The van der Waals surface area contributed by atoms with Crippen LogP contribution in [0.5, 0.6) is 0 Å². The molecule has 0 aromatic rings. The Balaban J connectivity index is 1.99. The minimum absolute atomic E-state index is 0.182. The van der Waals surface area contributed by atoms with Gasteiger partial charge in [0.2, 0.25) is 0 Å². The Bertz CT molecular complexity index is 520. The lowest BCUT2D eigenvalue weighted by Gasteiger charge is -2.33. The predicted octanol–water partition coefficient (Wildman–Crippen LogP) is 2.34. The minimum Gasteiger partial charge on any atom is -0.229 e. The van der Waals surface area contributed by atoms with E-state index in [-0.39, 0.29) is 15.7 Å². The molecule has 0 radical (unpaired) electrons. The summed E-state index contributed by atoms with van der Waals surface area (Å²) < 4.78 is 48.4. The molecule has 2 saturated carbocycles. The standard InChI is InChI=1S/C14H26O4S2/c1-11-3-5-13(6-4-11)20(17,18)14-9-7-12(8-10-14)19(2,15)16/h11-14H,3-10H2,1-2H3. The monoisotopic (exact) mass is 322 g/mol. The number of sulfone groups is 2. The Hall–Kier alpha value is -0.100. The number of rotatable bonds is 3. The molecular formula is C14H26O4S2. The van der Waals surface area contributed by atoms with Crippen LogP contribution >= 0.6 is 0 Å². The lowest BCUT2D eigenvalue weighted by atomic mass is 9.91. The summed E-state index contributed by atoms with van der Waals surface area (Å²) >= 11 is 0. The molecule has 2 aliphatic carbocycles. The van der Waals surface area contributed by atoms with Gasteiger partial charge in [0.15, 0.2) is 9.84 Å². The molecule has 0 heterocycles. The molecule has 0 aliphatic heterocycles. The van der Waals surface area contributed by atoms with Gasteiger partial charge in [-0.15, -0.1) is 0 Å². The zero-order chi connectivity index (χ0) is 15.0. The van der Waals surface area contributed by atoms with Crippen LogP contribution in [0.3, 0.4) is 0 Å². The molecule has 0 aromatic heterocycles. The van der Waals surface area contributed by atoms with Crippen LogP contribution in [0.15, 0.2) is 0 Å². The zero-order valence-electron chi connectivity index (χ0n) is 12.4. The van der Waals surface area contributed by atoms with E-state index in [1.807, 2.05) is 0 Å². The number of hydrogen-bond donors (Lipinski definition) is 0. The smallest absolute Gasteiger partial charge is 0.156 e. The Morgan fingerprint density at radius 3 is 1.40 bits per heavy atom. The maximum absolute atomic E-state index is 12.7. The van der Waals surface area contributed by atoms with Crippen molar-refractivity contribution in [3.05, 3.63) is 0 Å². The third-order valence-corrected chi connectivity index (χ3v) is 9.60. The van der Waals surface area contributed by atoms with Gasteiger partial charge in [0.25, 0.3) is 0 Å². The summed E-state index contributed by atoms with van der Waals surface area (Å²) in [5.74, 6) is 0.641. The number of hydrogen-bond acceptors (Lipinski definition) is 4. The maximum Gasteiger partial charge on any atom is 0.156 e. The molecule has 2 aliphatic rings. The van der Waals surface area contributed by atoms with Crippen molar-refractivity contribution in [1.29, 1.82) is 0 Å². The highest BCUT2D eigenvalue weighted by molar-refractivity contribution is 7.92. The molecule has 0 atom stereocenters. The third-order valence-electron chi connectivity index (χ3n) is 5.12. The van der Waals surface area contributed by atoms with Crippen molar-refractivity contribution in [1.82, 2.24) is 0 Å². The Kier molecular flexibility index (Phi) is 4.84. The van der Waals surface area contributed by atoms with E-state index in [1.54, 1.807) is 0 Å². The van der Waals surface area contributed by atoms with Gasteiger partial charge >= 0.3 is 0 Å². The second-order valence-corrected chi connectivity index (χ2v) is 11.5. The molecule has 0 unspecified atom stereocenters. The fourth-order valence-electron chi connectivity index (χ4n) is 3.62. The van der Waals surface area contributed by atoms with Gasteiger partial charge in [-0.1, -0.05) is 6.92 Å². The fourth-order valence-corrected chi connectivity index (χ4v) is 7.15. The van der Waals surface area contributed by atoms with Crippen molar-refractivity contribution in [2.75, 3.05) is 6.26 Å². The fraction of sp³-hybridized carbons (Fsp3) is 1.00. The molecule has 2 fully saturated rings. The summed E-state index contributed by atoms with van der Waals surface area (Å²) in [5, 5.41) is -0.822. The molecule has 118 valence electrons. The van der Waals surface area contributed by atoms with E-state index in [2.05, 4.69) is 6.92 Å². The molecule has 0 N–H and O–H groups in total. The van der Waals surface area contributed by atoms with Crippen LogP contribution in [0.1, 0.15) is 58.3 Å². The van der Waals surface area contributed by atoms with Gasteiger partial charge in [-0.2, -0.15) is 0 Å². The average molecular weight is 322 g/mol. The van der Waals surface area contributed by atoms with E-state index in [1.165, 1.54) is 6.26 Å². The quantitative estimate of drug-likeness (QED) is 0.800. The Morgan fingerprint density at radius 1 is 0.650 bits per heavy atom. The normalized spacial score (nSPS) is 36.7. The van der Waals surface area contributed by atoms with Crippen LogP contribution in [-0.2, 0) is 19.7 Å². The Morgan fingerprint density at radius 2 is 1.00 bits per heavy atom. The van der Waals surface area contributed by atoms with E-state index < -0.39 is 19.7 Å². The van der Waals surface area contributed by atoms with Crippen molar-refractivity contribution in [3.8, 4) is 0 Å². The second kappa shape index (κ2) is 5.95. The van der Waals surface area contributed by atoms with Crippen LogP contribution in [0.2, 0.25) is 0 Å². The zero-order valence-corrected chi connectivity index (χ0v) is 14.0. The van der Waals surface area contributed by atoms with E-state index in [4.69, 9.17) is 0 Å². The van der Waals surface area contributed by atoms with Crippen molar-refractivity contribution in [3.63, 3.8) is 0 Å². The first-order valence-electron chi connectivity index (χ1n) is 7.63. The van der Waals surface area contributed by atoms with E-state index in [0.29, 0.717) is 31.6 Å². The van der Waals surface area contributed by atoms with Gasteiger partial charge in [0.05, 0.1) is 15.7 Å². The van der Waals surface area contributed by atoms with E-state index >= 15 is 0 Å². The van der Waals surface area contributed by atoms with Gasteiger partial charge < -0.3 is 0 Å². The predicted molar refractivity (Wildman–Crippen MR) is 81.2 cm³/mol. The van der Waals surface area contributed by atoms with Gasteiger partial charge in [-0.25, -0.2) is 16.8 Å². The summed E-state index contributed by atoms with van der Waals surface area (Å²) in [4.78, 5) is 0. The SMILES string of the molecule is CC1CCC(S(=O)(=O)C2CCC(S(C)(=O)=O)CC2)CC1. The maximum atomic E-state index is 12.7. The third kappa shape index (κ3) is 3.56. The van der Waals surface area contributed by atoms with Gasteiger partial charge in [-0.3, -0.25) is 0 Å². The van der Waals surface area contributed by atoms with Crippen molar-refractivity contribution in [2.24, 2.45) is 5.92 Å². The summed E-state index contributed by atoms with van der Waals surface area (Å²) in [5.41, 5.74) is 0. The second-order valence-electron chi connectivity index (χ2n) is 6.70. The topological polar surface area (TPSA) is 68.3 Å². The van der Waals surface area contributed by atoms with Crippen molar-refractivity contribution < 1.29 is 16.8 Å². The van der Waals surface area contributed by atoms with Crippen LogP contribution in [0.4, 0.5) is 0 Å². The molecule has 4 nitrogen and oxygen atoms in total. The van der Waals surface area contributed by atoms with Crippen LogP contribution in [0, 0.1) is 5.92 Å². The summed E-state index contributed by atoms with van der Waals surface area (Å²) in [6.07, 6.45) is 6.89. The highest BCUT2D eigenvalue weighted by atomic mass is 32.2. The first-order chi connectivity index (χ1) is 9.21. The Labute approximate surface area is 123 Å². The molecule has 0 amide bonds. The lowest BCUT2D eigenvalue weighted by molar-refractivity contribution is 0.376.